The van der Waals surface area contributed by atoms with Crippen LogP contribution in [-0.2, 0) is 0 Å². The van der Waals surface area contributed by atoms with Crippen LogP contribution in [0.4, 0.5) is 0 Å². The zero-order chi connectivity index (χ0) is 15.1. The second kappa shape index (κ2) is 4.79. The first kappa shape index (κ1) is 13.5. The van der Waals surface area contributed by atoms with Crippen LogP contribution in [0.1, 0.15) is 15.9 Å². The Hall–Kier alpha value is -2.53. The second-order valence-corrected chi connectivity index (χ2v) is 5.13. The van der Waals surface area contributed by atoms with Gasteiger partial charge >= 0.3 is 11.7 Å². The van der Waals surface area contributed by atoms with Gasteiger partial charge in [0.05, 0.1) is 27.3 Å². The minimum atomic E-state index is -1.10. The molecule has 21 heavy (non-hydrogen) atoms. The highest BCUT2D eigenvalue weighted by atomic mass is 35.5. The van der Waals surface area contributed by atoms with Gasteiger partial charge in [0.25, 0.3) is 0 Å². The lowest BCUT2D eigenvalue weighted by Crippen LogP contribution is -2.16. The maximum atomic E-state index is 12.2. The summed E-state index contributed by atoms with van der Waals surface area (Å²) < 4.78 is 1.29. The van der Waals surface area contributed by atoms with Crippen molar-refractivity contribution in [1.82, 2.24) is 9.55 Å². The molecule has 2 aromatic carbocycles. The molecule has 1 aromatic heterocycles. The molecule has 0 spiro atoms. The van der Waals surface area contributed by atoms with Crippen molar-refractivity contribution in [2.24, 2.45) is 0 Å². The van der Waals surface area contributed by atoms with Crippen LogP contribution in [0.25, 0.3) is 16.7 Å². The fourth-order valence-corrected chi connectivity index (χ4v) is 2.67. The van der Waals surface area contributed by atoms with Gasteiger partial charge in [0.2, 0.25) is 0 Å². The van der Waals surface area contributed by atoms with Crippen LogP contribution in [-0.4, -0.2) is 20.6 Å². The fourth-order valence-electron chi connectivity index (χ4n) is 2.35. The van der Waals surface area contributed by atoms with E-state index in [0.29, 0.717) is 21.7 Å². The normalized spacial score (nSPS) is 11.0. The Labute approximate surface area is 124 Å². The lowest BCUT2D eigenvalue weighted by atomic mass is 10.1. The fraction of sp³-hybridized carbons (Fsp3) is 0.0667. The Bertz CT molecular complexity index is 924. The Morgan fingerprint density at radius 2 is 2.05 bits per heavy atom. The van der Waals surface area contributed by atoms with Gasteiger partial charge in [-0.2, -0.15) is 0 Å². The molecule has 0 aliphatic rings. The molecule has 6 heteroatoms. The van der Waals surface area contributed by atoms with Crippen molar-refractivity contribution in [3.8, 4) is 5.69 Å². The van der Waals surface area contributed by atoms with Crippen LogP contribution in [0.5, 0.6) is 0 Å². The number of halogens is 1. The molecule has 0 saturated carbocycles. The van der Waals surface area contributed by atoms with Gasteiger partial charge in [-0.1, -0.05) is 23.7 Å². The Balaban J connectivity index is 2.45. The minimum Gasteiger partial charge on any atom is -0.478 e. The van der Waals surface area contributed by atoms with Crippen molar-refractivity contribution in [1.29, 1.82) is 0 Å². The number of aryl methyl sites for hydroxylation is 1. The average molecular weight is 303 g/mol. The number of para-hydroxylation sites is 1. The van der Waals surface area contributed by atoms with Crippen LogP contribution < -0.4 is 5.69 Å². The van der Waals surface area contributed by atoms with Crippen LogP contribution in [0.3, 0.4) is 0 Å². The summed E-state index contributed by atoms with van der Waals surface area (Å²) >= 11 is 6.20. The van der Waals surface area contributed by atoms with E-state index in [2.05, 4.69) is 4.98 Å². The van der Waals surface area contributed by atoms with Crippen molar-refractivity contribution in [2.45, 2.75) is 6.92 Å². The lowest BCUT2D eigenvalue weighted by molar-refractivity contribution is 0.0698. The van der Waals surface area contributed by atoms with Gasteiger partial charge < -0.3 is 10.1 Å². The first-order chi connectivity index (χ1) is 9.99. The molecule has 0 atom stereocenters. The number of carboxylic acid groups (broad SMARTS) is 1. The second-order valence-electron chi connectivity index (χ2n) is 4.73. The average Bonchev–Trinajstić information content (AvgIpc) is 2.74. The molecule has 0 aliphatic carbocycles. The number of aromatic nitrogens is 2. The predicted octanol–water partition coefficient (Wildman–Crippen LogP) is 2.98. The number of H-pyrrole nitrogens is 1. The number of benzene rings is 2. The number of fused-ring (bicyclic) bond motifs is 1. The number of nitrogens with one attached hydrogen (secondary N) is 1. The molecule has 0 aliphatic heterocycles. The van der Waals surface area contributed by atoms with E-state index in [1.165, 1.54) is 10.6 Å². The lowest BCUT2D eigenvalue weighted by Gasteiger charge is -2.08. The van der Waals surface area contributed by atoms with Gasteiger partial charge in [-0.15, -0.1) is 0 Å². The summed E-state index contributed by atoms with van der Waals surface area (Å²) in [7, 11) is 0. The molecule has 3 aromatic rings. The first-order valence-electron chi connectivity index (χ1n) is 6.22. The van der Waals surface area contributed by atoms with Gasteiger partial charge in [-0.25, -0.2) is 9.59 Å². The number of carbonyl (C=O) groups is 1. The number of hydrogen-bond acceptors (Lipinski definition) is 2. The molecular formula is C15H11ClN2O3. The van der Waals surface area contributed by atoms with E-state index in [-0.39, 0.29) is 5.56 Å². The van der Waals surface area contributed by atoms with E-state index < -0.39 is 11.7 Å². The summed E-state index contributed by atoms with van der Waals surface area (Å²) in [6, 6.07) is 9.94. The van der Waals surface area contributed by atoms with Crippen LogP contribution in [0, 0.1) is 6.92 Å². The Morgan fingerprint density at radius 3 is 2.71 bits per heavy atom. The van der Waals surface area contributed by atoms with Crippen LogP contribution >= 0.6 is 11.6 Å². The molecule has 0 bridgehead atoms. The molecule has 0 saturated heterocycles. The largest absolute Gasteiger partial charge is 0.478 e. The van der Waals surface area contributed by atoms with Gasteiger partial charge in [-0.3, -0.25) is 4.57 Å². The van der Waals surface area contributed by atoms with Crippen molar-refractivity contribution in [2.75, 3.05) is 0 Å². The van der Waals surface area contributed by atoms with E-state index in [1.807, 2.05) is 13.0 Å². The smallest absolute Gasteiger partial charge is 0.337 e. The summed E-state index contributed by atoms with van der Waals surface area (Å²) in [6.07, 6.45) is 0. The highest BCUT2D eigenvalue weighted by molar-refractivity contribution is 6.32. The third-order valence-corrected chi connectivity index (χ3v) is 3.58. The topological polar surface area (TPSA) is 75.1 Å². The molecular weight excluding hydrogens is 292 g/mol. The third-order valence-electron chi connectivity index (χ3n) is 3.28. The van der Waals surface area contributed by atoms with E-state index in [1.54, 1.807) is 24.3 Å². The summed E-state index contributed by atoms with van der Waals surface area (Å²) in [4.78, 5) is 26.2. The van der Waals surface area contributed by atoms with Crippen LogP contribution in [0.15, 0.2) is 41.2 Å². The van der Waals surface area contributed by atoms with Gasteiger partial charge in [0.1, 0.15) is 0 Å². The van der Waals surface area contributed by atoms with Crippen LogP contribution in [0.2, 0.25) is 5.02 Å². The van der Waals surface area contributed by atoms with Gasteiger partial charge in [0, 0.05) is 0 Å². The summed E-state index contributed by atoms with van der Waals surface area (Å²) in [5.74, 6) is -1.10. The van der Waals surface area contributed by atoms with E-state index in [9.17, 15) is 14.7 Å². The molecule has 0 fully saturated rings. The number of rotatable bonds is 2. The van der Waals surface area contributed by atoms with Crippen molar-refractivity contribution in [3.05, 3.63) is 63.0 Å². The molecule has 1 heterocycles. The highest BCUT2D eigenvalue weighted by Gasteiger charge is 2.17. The maximum absolute atomic E-state index is 12.2. The highest BCUT2D eigenvalue weighted by Crippen LogP contribution is 2.25. The summed E-state index contributed by atoms with van der Waals surface area (Å²) in [5, 5.41) is 9.70. The maximum Gasteiger partial charge on any atom is 0.337 e. The zero-order valence-corrected chi connectivity index (χ0v) is 11.8. The molecule has 0 amide bonds. The van der Waals surface area contributed by atoms with Crippen molar-refractivity contribution >= 4 is 28.6 Å². The SMILES string of the molecule is Cc1ccc(-n2c(=O)[nH]c3cccc(C(=O)O)c32)c(Cl)c1. The number of aromatic carboxylic acids is 1. The third kappa shape index (κ3) is 2.11. The Kier molecular flexibility index (Phi) is 3.07. The molecule has 0 radical (unpaired) electrons. The molecule has 106 valence electrons. The number of hydrogen-bond donors (Lipinski definition) is 2. The number of nitrogens with zero attached hydrogens (tertiary/aromatic N) is 1. The van der Waals surface area contributed by atoms with E-state index in [4.69, 9.17) is 11.6 Å². The van der Waals surface area contributed by atoms with Crippen molar-refractivity contribution in [3.63, 3.8) is 0 Å². The Morgan fingerprint density at radius 1 is 1.29 bits per heavy atom. The molecule has 5 nitrogen and oxygen atoms in total. The standard InChI is InChI=1S/C15H11ClN2O3/c1-8-5-6-12(10(16)7-8)18-13-9(14(19)20)3-2-4-11(13)17-15(18)21/h2-7H,1H3,(H,17,21)(H,19,20). The molecule has 3 rings (SSSR count). The van der Waals surface area contributed by atoms with Crippen molar-refractivity contribution < 1.29 is 9.90 Å². The van der Waals surface area contributed by atoms with E-state index >= 15 is 0 Å². The zero-order valence-electron chi connectivity index (χ0n) is 11.1. The van der Waals surface area contributed by atoms with Gasteiger partial charge in [-0.05, 0) is 36.8 Å². The molecule has 2 N–H and O–H groups in total. The van der Waals surface area contributed by atoms with E-state index in [0.717, 1.165) is 5.56 Å². The predicted molar refractivity (Wildman–Crippen MR) is 80.6 cm³/mol. The first-order valence-corrected chi connectivity index (χ1v) is 6.60. The number of carboxylic acids is 1. The monoisotopic (exact) mass is 302 g/mol. The number of imidazole rings is 1. The summed E-state index contributed by atoms with van der Waals surface area (Å²) in [6.45, 7) is 1.89. The minimum absolute atomic E-state index is 0.0440. The number of aromatic amines is 1. The van der Waals surface area contributed by atoms with Gasteiger partial charge in [0.15, 0.2) is 0 Å². The summed E-state index contributed by atoms with van der Waals surface area (Å²) in [5.41, 5.74) is 1.78. The quantitative estimate of drug-likeness (QED) is 0.764. The molecule has 0 unspecified atom stereocenters.